The van der Waals surface area contributed by atoms with Gasteiger partial charge < -0.3 is 10.5 Å². The highest BCUT2D eigenvalue weighted by molar-refractivity contribution is 7.27. The Hall–Kier alpha value is -1.19. The zero-order valence-corrected chi connectivity index (χ0v) is 9.46. The molecule has 2 rings (SSSR count). The molecule has 1 aliphatic rings. The Balaban J connectivity index is 2.47. The van der Waals surface area contributed by atoms with Gasteiger partial charge in [0.05, 0.1) is 0 Å². The smallest absolute Gasteiger partial charge is 0.248 e. The Morgan fingerprint density at radius 2 is 2.47 bits per heavy atom. The Kier molecular flexibility index (Phi) is 2.59. The van der Waals surface area contributed by atoms with Crippen LogP contribution in [0.4, 0.5) is 5.82 Å². The Bertz CT molecular complexity index is 410. The van der Waals surface area contributed by atoms with Gasteiger partial charge in [-0.05, 0) is 11.4 Å². The number of ether oxygens (including phenoxy) is 1. The lowest BCUT2D eigenvalue weighted by molar-refractivity contribution is -0.119. The number of carbonyl (C=O) groups excluding carboxylic acids is 1. The molecule has 6 heteroatoms. The first-order chi connectivity index (χ1) is 7.09. The van der Waals surface area contributed by atoms with Crippen LogP contribution in [-0.2, 0) is 4.79 Å². The summed E-state index contributed by atoms with van der Waals surface area (Å²) in [4.78, 5) is 17.2. The van der Waals surface area contributed by atoms with E-state index in [1.165, 1.54) is 4.90 Å². The molecule has 0 aromatic carbocycles. The Morgan fingerprint density at radius 3 is 3.20 bits per heavy atom. The molecule has 5 nitrogen and oxygen atoms in total. The van der Waals surface area contributed by atoms with E-state index in [0.717, 1.165) is 5.30 Å². The number of nitrogens with two attached hydrogens (primary N) is 1. The van der Waals surface area contributed by atoms with Gasteiger partial charge in [0.2, 0.25) is 5.91 Å². The number of nitrogens with zero attached hydrogens (tertiary/aromatic N) is 2. The van der Waals surface area contributed by atoms with E-state index in [9.17, 15) is 4.79 Å². The van der Waals surface area contributed by atoms with Crippen LogP contribution in [0.1, 0.15) is 0 Å². The molecule has 1 unspecified atom stereocenters. The van der Waals surface area contributed by atoms with Crippen molar-refractivity contribution in [2.75, 3.05) is 18.6 Å². The van der Waals surface area contributed by atoms with E-state index in [1.54, 1.807) is 13.2 Å². The molecule has 15 heavy (non-hydrogen) atoms. The number of amides is 1. The highest BCUT2D eigenvalue weighted by Crippen LogP contribution is 2.26. The van der Waals surface area contributed by atoms with Crippen molar-refractivity contribution in [2.24, 2.45) is 5.73 Å². The molecular formula is C9H12N3O2P. The molecule has 2 atom stereocenters. The van der Waals surface area contributed by atoms with E-state index in [1.807, 2.05) is 6.07 Å². The normalized spacial score (nSPS) is 20.6. The second-order valence-electron chi connectivity index (χ2n) is 3.41. The largest absolute Gasteiger partial charge is 0.487 e. The van der Waals surface area contributed by atoms with Crippen LogP contribution in [0.25, 0.3) is 0 Å². The molecule has 2 N–H and O–H groups in total. The molecule has 0 spiro atoms. The van der Waals surface area contributed by atoms with Gasteiger partial charge >= 0.3 is 0 Å². The fourth-order valence-corrected chi connectivity index (χ4v) is 1.64. The van der Waals surface area contributed by atoms with Crippen LogP contribution in [0.5, 0.6) is 5.75 Å². The van der Waals surface area contributed by atoms with E-state index in [4.69, 9.17) is 10.5 Å². The van der Waals surface area contributed by atoms with Crippen molar-refractivity contribution < 1.29 is 9.53 Å². The van der Waals surface area contributed by atoms with Crippen LogP contribution < -0.4 is 20.7 Å². The maximum Gasteiger partial charge on any atom is 0.248 e. The molecule has 0 aliphatic carbocycles. The first kappa shape index (κ1) is 10.3. The summed E-state index contributed by atoms with van der Waals surface area (Å²) in [5.74, 6) is 0.920. The molecule has 1 amide bonds. The quantitative estimate of drug-likeness (QED) is 0.591. The van der Waals surface area contributed by atoms with Crippen LogP contribution in [-0.4, -0.2) is 30.6 Å². The molecule has 80 valence electrons. The Labute approximate surface area is 89.8 Å². The van der Waals surface area contributed by atoms with Crippen molar-refractivity contribution in [1.29, 1.82) is 0 Å². The molecular weight excluding hydrogens is 213 g/mol. The molecule has 1 aromatic rings. The molecule has 0 saturated carbocycles. The van der Waals surface area contributed by atoms with Gasteiger partial charge in [-0.2, -0.15) is 0 Å². The van der Waals surface area contributed by atoms with Gasteiger partial charge in [-0.3, -0.25) is 9.69 Å². The number of rotatable bonds is 0. The minimum Gasteiger partial charge on any atom is -0.487 e. The monoisotopic (exact) mass is 225 g/mol. The number of carbonyl (C=O) groups is 1. The van der Waals surface area contributed by atoms with E-state index >= 15 is 0 Å². The molecule has 1 aromatic heterocycles. The fraction of sp³-hybridized carbons (Fsp3) is 0.333. The topological polar surface area (TPSA) is 68.5 Å². The third kappa shape index (κ3) is 1.80. The van der Waals surface area contributed by atoms with Crippen molar-refractivity contribution in [2.45, 2.75) is 6.04 Å². The molecule has 0 fully saturated rings. The lowest BCUT2D eigenvalue weighted by Gasteiger charge is -2.16. The molecule has 1 aliphatic heterocycles. The second-order valence-corrected chi connectivity index (χ2v) is 4.07. The van der Waals surface area contributed by atoms with Gasteiger partial charge in [-0.15, -0.1) is 9.24 Å². The second kappa shape index (κ2) is 3.76. The number of pyridine rings is 1. The summed E-state index contributed by atoms with van der Waals surface area (Å²) in [6.07, 6.45) is 1.66. The highest BCUT2D eigenvalue weighted by atomic mass is 31.0. The Morgan fingerprint density at radius 1 is 1.73 bits per heavy atom. The zero-order chi connectivity index (χ0) is 11.0. The van der Waals surface area contributed by atoms with Crippen LogP contribution >= 0.6 is 9.24 Å². The third-order valence-electron chi connectivity index (χ3n) is 2.24. The third-order valence-corrected chi connectivity index (χ3v) is 2.55. The summed E-state index contributed by atoms with van der Waals surface area (Å²) < 4.78 is 5.42. The van der Waals surface area contributed by atoms with Crippen LogP contribution in [0.2, 0.25) is 0 Å². The summed E-state index contributed by atoms with van der Waals surface area (Å²) in [6.45, 7) is 0.186. The fourth-order valence-electron chi connectivity index (χ4n) is 1.41. The van der Waals surface area contributed by atoms with Gasteiger partial charge in [0.1, 0.15) is 12.6 Å². The maximum absolute atomic E-state index is 11.7. The summed E-state index contributed by atoms with van der Waals surface area (Å²) in [5.41, 5.74) is 5.64. The van der Waals surface area contributed by atoms with Crippen molar-refractivity contribution in [3.63, 3.8) is 0 Å². The minimum absolute atomic E-state index is 0.183. The number of fused-ring (bicyclic) bond motifs is 1. The van der Waals surface area contributed by atoms with Gasteiger partial charge in [-0.1, -0.05) is 0 Å². The molecule has 2 heterocycles. The number of anilines is 1. The predicted octanol–water partition coefficient (Wildman–Crippen LogP) is -0.736. The van der Waals surface area contributed by atoms with Gasteiger partial charge in [0.15, 0.2) is 11.6 Å². The van der Waals surface area contributed by atoms with Crippen molar-refractivity contribution in [1.82, 2.24) is 4.98 Å². The van der Waals surface area contributed by atoms with Gasteiger partial charge in [-0.25, -0.2) is 4.98 Å². The first-order valence-electron chi connectivity index (χ1n) is 4.51. The number of likely N-dealkylation sites (N-methyl/N-ethyl adjacent to an activating group) is 1. The average molecular weight is 225 g/mol. The summed E-state index contributed by atoms with van der Waals surface area (Å²) in [5, 5.41) is 0.907. The maximum atomic E-state index is 11.7. The van der Waals surface area contributed by atoms with Gasteiger partial charge in [0.25, 0.3) is 0 Å². The highest BCUT2D eigenvalue weighted by Gasteiger charge is 2.27. The number of hydrogen-bond donors (Lipinski definition) is 1. The molecule has 0 bridgehead atoms. The lowest BCUT2D eigenvalue weighted by atomic mass is 10.3. The summed E-state index contributed by atoms with van der Waals surface area (Å²) in [7, 11) is 4.17. The number of aromatic nitrogens is 1. The number of hydrogen-bond acceptors (Lipinski definition) is 4. The average Bonchev–Trinajstić information content (AvgIpc) is 2.32. The van der Waals surface area contributed by atoms with E-state index < -0.39 is 6.04 Å². The van der Waals surface area contributed by atoms with Crippen molar-refractivity contribution in [3.05, 3.63) is 12.3 Å². The lowest BCUT2D eigenvalue weighted by Crippen LogP contribution is -2.43. The van der Waals surface area contributed by atoms with Crippen LogP contribution in [0, 0.1) is 0 Å². The molecule has 0 saturated heterocycles. The van der Waals surface area contributed by atoms with Gasteiger partial charge in [0, 0.05) is 13.2 Å². The van der Waals surface area contributed by atoms with Crippen LogP contribution in [0.15, 0.2) is 12.3 Å². The standard InChI is InChI=1S/C9H12N3O2P/c1-12-8-7(2-5(15)3-11-8)14-4-6(10)9(12)13/h2-3,6H,4,10,15H2,1H3/t6-/m0/s1. The summed E-state index contributed by atoms with van der Waals surface area (Å²) >= 11 is 0. The summed E-state index contributed by atoms with van der Waals surface area (Å²) in [6, 6.07) is 1.19. The van der Waals surface area contributed by atoms with E-state index in [-0.39, 0.29) is 12.5 Å². The molecule has 0 radical (unpaired) electrons. The SMILES string of the molecule is CN1C(=O)[C@@H](N)COc2cc(P)cnc21. The van der Waals surface area contributed by atoms with E-state index in [2.05, 4.69) is 14.2 Å². The minimum atomic E-state index is -0.628. The van der Waals surface area contributed by atoms with Crippen molar-refractivity contribution >= 4 is 26.3 Å². The van der Waals surface area contributed by atoms with E-state index in [0.29, 0.717) is 11.6 Å². The zero-order valence-electron chi connectivity index (χ0n) is 8.30. The van der Waals surface area contributed by atoms with Crippen LogP contribution in [0.3, 0.4) is 0 Å². The first-order valence-corrected chi connectivity index (χ1v) is 5.09. The van der Waals surface area contributed by atoms with Crippen molar-refractivity contribution in [3.8, 4) is 5.75 Å². The predicted molar refractivity (Wildman–Crippen MR) is 60.5 cm³/mol.